The molecule has 8 heteroatoms. The van der Waals surface area contributed by atoms with Crippen LogP contribution >= 0.6 is 0 Å². The molecule has 158 valence electrons. The summed E-state index contributed by atoms with van der Waals surface area (Å²) in [6.07, 6.45) is 3.46. The zero-order chi connectivity index (χ0) is 21.3. The minimum absolute atomic E-state index is 0.226. The van der Waals surface area contributed by atoms with Crippen LogP contribution in [0.1, 0.15) is 23.1 Å². The molecule has 1 saturated heterocycles. The number of halogens is 1. The molecule has 0 N–H and O–H groups in total. The van der Waals surface area contributed by atoms with Gasteiger partial charge in [0.05, 0.1) is 18.5 Å². The Balaban J connectivity index is 1.65. The van der Waals surface area contributed by atoms with Crippen molar-refractivity contribution in [3.05, 3.63) is 59.4 Å². The van der Waals surface area contributed by atoms with Gasteiger partial charge in [0.2, 0.25) is 5.95 Å². The first kappa shape index (κ1) is 20.4. The van der Waals surface area contributed by atoms with Gasteiger partial charge in [-0.15, -0.1) is 0 Å². The fraction of sp³-hybridized carbons (Fsp3) is 0.409. The second-order valence-corrected chi connectivity index (χ2v) is 7.85. The van der Waals surface area contributed by atoms with Crippen molar-refractivity contribution < 1.29 is 9.13 Å². The predicted octanol–water partition coefficient (Wildman–Crippen LogP) is 2.96. The number of benzene rings is 1. The Labute approximate surface area is 176 Å². The van der Waals surface area contributed by atoms with Crippen LogP contribution in [0.25, 0.3) is 11.1 Å². The van der Waals surface area contributed by atoms with Crippen molar-refractivity contribution in [3.8, 4) is 11.1 Å². The molecule has 0 bridgehead atoms. The van der Waals surface area contributed by atoms with Gasteiger partial charge >= 0.3 is 0 Å². The van der Waals surface area contributed by atoms with E-state index in [1.807, 2.05) is 43.0 Å². The Morgan fingerprint density at radius 2 is 2.10 bits per heavy atom. The first-order valence-corrected chi connectivity index (χ1v) is 10.0. The summed E-state index contributed by atoms with van der Waals surface area (Å²) in [5.41, 5.74) is 4.70. The van der Waals surface area contributed by atoms with E-state index in [-0.39, 0.29) is 11.9 Å². The van der Waals surface area contributed by atoms with Crippen LogP contribution < -0.4 is 4.90 Å². The molecule has 30 heavy (non-hydrogen) atoms. The van der Waals surface area contributed by atoms with Gasteiger partial charge in [-0.05, 0) is 24.6 Å². The molecule has 0 unspecified atom stereocenters. The van der Waals surface area contributed by atoms with Crippen LogP contribution in [0.15, 0.2) is 36.7 Å². The molecular weight excluding hydrogens is 383 g/mol. The van der Waals surface area contributed by atoms with Crippen molar-refractivity contribution in [2.75, 3.05) is 38.7 Å². The molecule has 3 aromatic rings. The maximum Gasteiger partial charge on any atom is 0.225 e. The molecule has 0 aliphatic carbocycles. The Kier molecular flexibility index (Phi) is 5.78. The molecule has 1 aliphatic heterocycles. The third-order valence-electron chi connectivity index (χ3n) is 5.53. The number of hydrogen-bond acceptors (Lipinski definition) is 6. The van der Waals surface area contributed by atoms with Crippen molar-refractivity contribution >= 4 is 5.95 Å². The summed E-state index contributed by atoms with van der Waals surface area (Å²) >= 11 is 0. The fourth-order valence-corrected chi connectivity index (χ4v) is 3.68. The lowest BCUT2D eigenvalue weighted by Gasteiger charge is -2.33. The second kappa shape index (κ2) is 8.49. The lowest BCUT2D eigenvalue weighted by Crippen LogP contribution is -2.38. The summed E-state index contributed by atoms with van der Waals surface area (Å²) in [5.74, 6) is 0.322. The Hall–Kier alpha value is -2.84. The third kappa shape index (κ3) is 4.20. The van der Waals surface area contributed by atoms with E-state index in [9.17, 15) is 4.39 Å². The average molecular weight is 410 g/mol. The highest BCUT2D eigenvalue weighted by molar-refractivity contribution is 5.66. The van der Waals surface area contributed by atoms with E-state index in [4.69, 9.17) is 9.72 Å². The monoisotopic (exact) mass is 410 g/mol. The van der Waals surface area contributed by atoms with E-state index in [1.165, 1.54) is 17.7 Å². The molecule has 0 saturated carbocycles. The normalized spacial score (nSPS) is 17.3. The molecule has 0 spiro atoms. The van der Waals surface area contributed by atoms with Gasteiger partial charge in [-0.25, -0.2) is 14.4 Å². The Morgan fingerprint density at radius 3 is 2.80 bits per heavy atom. The van der Waals surface area contributed by atoms with E-state index in [0.717, 1.165) is 35.6 Å². The first-order valence-electron chi connectivity index (χ1n) is 10.0. The molecule has 3 heterocycles. The van der Waals surface area contributed by atoms with E-state index in [2.05, 4.69) is 21.9 Å². The van der Waals surface area contributed by atoms with Gasteiger partial charge in [-0.2, -0.15) is 5.10 Å². The molecule has 2 aromatic heterocycles. The minimum atomic E-state index is -0.284. The minimum Gasteiger partial charge on any atom is -0.369 e. The maximum atomic E-state index is 13.9. The van der Waals surface area contributed by atoms with Crippen molar-refractivity contribution in [2.45, 2.75) is 19.6 Å². The fourth-order valence-electron chi connectivity index (χ4n) is 3.68. The van der Waals surface area contributed by atoms with Gasteiger partial charge in [0.25, 0.3) is 0 Å². The number of aromatic nitrogens is 4. The third-order valence-corrected chi connectivity index (χ3v) is 5.53. The average Bonchev–Trinajstić information content (AvgIpc) is 3.05. The van der Waals surface area contributed by atoms with Crippen molar-refractivity contribution in [3.63, 3.8) is 0 Å². The summed E-state index contributed by atoms with van der Waals surface area (Å²) in [6.45, 7) is 5.02. The van der Waals surface area contributed by atoms with Crippen LogP contribution in [-0.2, 0) is 18.3 Å². The van der Waals surface area contributed by atoms with Crippen molar-refractivity contribution in [1.82, 2.24) is 24.6 Å². The highest BCUT2D eigenvalue weighted by Gasteiger charge is 2.27. The van der Waals surface area contributed by atoms with Crippen LogP contribution in [0, 0.1) is 12.7 Å². The molecule has 7 nitrogen and oxygen atoms in total. The maximum absolute atomic E-state index is 13.9. The number of morpholine rings is 1. The number of hydrogen-bond donors (Lipinski definition) is 0. The summed E-state index contributed by atoms with van der Waals surface area (Å²) in [7, 11) is 5.76. The predicted molar refractivity (Wildman–Crippen MR) is 114 cm³/mol. The SMILES string of the molecule is Cc1c(CN2CCO[C@@H](c3nc(N(C)C)ncc3-c3cccc(F)c3)C2)cnn1C. The molecule has 4 rings (SSSR count). The summed E-state index contributed by atoms with van der Waals surface area (Å²) in [6, 6.07) is 6.53. The van der Waals surface area contributed by atoms with Crippen LogP contribution in [0.5, 0.6) is 0 Å². The zero-order valence-electron chi connectivity index (χ0n) is 17.8. The Bertz CT molecular complexity index is 1030. The van der Waals surface area contributed by atoms with Crippen molar-refractivity contribution in [2.24, 2.45) is 7.05 Å². The molecule has 1 aliphatic rings. The quantitative estimate of drug-likeness (QED) is 0.645. The molecule has 1 aromatic carbocycles. The van der Waals surface area contributed by atoms with Crippen LogP contribution in [0.3, 0.4) is 0 Å². The van der Waals surface area contributed by atoms with E-state index in [1.54, 1.807) is 12.3 Å². The first-order chi connectivity index (χ1) is 14.4. The summed E-state index contributed by atoms with van der Waals surface area (Å²) < 4.78 is 21.9. The second-order valence-electron chi connectivity index (χ2n) is 7.85. The Morgan fingerprint density at radius 1 is 1.27 bits per heavy atom. The van der Waals surface area contributed by atoms with E-state index < -0.39 is 0 Å². The van der Waals surface area contributed by atoms with Gasteiger partial charge < -0.3 is 9.64 Å². The number of nitrogens with zero attached hydrogens (tertiary/aromatic N) is 6. The number of rotatable bonds is 5. The van der Waals surface area contributed by atoms with Crippen LogP contribution in [-0.4, -0.2) is 58.4 Å². The van der Waals surface area contributed by atoms with Gasteiger partial charge in [0.1, 0.15) is 11.9 Å². The van der Waals surface area contributed by atoms with E-state index in [0.29, 0.717) is 19.1 Å². The van der Waals surface area contributed by atoms with Gasteiger partial charge in [0.15, 0.2) is 0 Å². The summed E-state index contributed by atoms with van der Waals surface area (Å²) in [4.78, 5) is 13.5. The van der Waals surface area contributed by atoms with Gasteiger partial charge in [0, 0.05) is 63.8 Å². The van der Waals surface area contributed by atoms with Gasteiger partial charge in [-0.1, -0.05) is 12.1 Å². The molecule has 0 amide bonds. The summed E-state index contributed by atoms with van der Waals surface area (Å²) in [5, 5.41) is 4.35. The lowest BCUT2D eigenvalue weighted by molar-refractivity contribution is -0.0347. The lowest BCUT2D eigenvalue weighted by atomic mass is 10.0. The van der Waals surface area contributed by atoms with Crippen LogP contribution in [0.4, 0.5) is 10.3 Å². The zero-order valence-corrected chi connectivity index (χ0v) is 17.8. The van der Waals surface area contributed by atoms with Crippen molar-refractivity contribution in [1.29, 1.82) is 0 Å². The highest BCUT2D eigenvalue weighted by Crippen LogP contribution is 2.32. The standard InChI is InChI=1S/C22H27FN6O/c1-15-17(11-25-28(15)4)13-29-8-9-30-20(14-29)21-19(12-24-22(26-21)27(2)3)16-6-5-7-18(23)10-16/h5-7,10-12,20H,8-9,13-14H2,1-4H3/t20-/m1/s1. The molecular formula is C22H27FN6O. The molecule has 0 radical (unpaired) electrons. The topological polar surface area (TPSA) is 59.3 Å². The van der Waals surface area contributed by atoms with E-state index >= 15 is 0 Å². The van der Waals surface area contributed by atoms with Gasteiger partial charge in [-0.3, -0.25) is 9.58 Å². The highest BCUT2D eigenvalue weighted by atomic mass is 19.1. The number of aryl methyl sites for hydroxylation is 1. The molecule has 1 atom stereocenters. The molecule has 1 fully saturated rings. The number of anilines is 1. The smallest absolute Gasteiger partial charge is 0.225 e. The largest absolute Gasteiger partial charge is 0.369 e. The number of ether oxygens (including phenoxy) is 1. The van der Waals surface area contributed by atoms with Crippen LogP contribution in [0.2, 0.25) is 0 Å².